The van der Waals surface area contributed by atoms with Gasteiger partial charge in [-0.3, -0.25) is 0 Å². The minimum absolute atomic E-state index is 0.319. The van der Waals surface area contributed by atoms with Gasteiger partial charge >= 0.3 is 0 Å². The fourth-order valence-electron chi connectivity index (χ4n) is 0.835. The average Bonchev–Trinajstić information content (AvgIpc) is 1.94. The molecule has 0 radical (unpaired) electrons. The predicted octanol–water partition coefficient (Wildman–Crippen LogP) is 2.64. The standard InChI is InChI=1S/C8H8BrFO/c1-5(11)7-4-6(9)2-3-8(7)10/h2-5,11H,1H3/t5-/m1/s1. The molecule has 1 aromatic carbocycles. The van der Waals surface area contributed by atoms with Gasteiger partial charge in [0.1, 0.15) is 5.82 Å². The summed E-state index contributed by atoms with van der Waals surface area (Å²) < 4.78 is 13.6. The van der Waals surface area contributed by atoms with Crippen molar-refractivity contribution < 1.29 is 9.50 Å². The van der Waals surface area contributed by atoms with Gasteiger partial charge in [-0.25, -0.2) is 4.39 Å². The van der Waals surface area contributed by atoms with Gasteiger partial charge in [-0.05, 0) is 25.1 Å². The van der Waals surface area contributed by atoms with E-state index in [4.69, 9.17) is 5.11 Å². The first-order chi connectivity index (χ1) is 5.11. The molecular formula is C8H8BrFO. The molecule has 0 aromatic heterocycles. The first-order valence-electron chi connectivity index (χ1n) is 3.24. The molecule has 0 heterocycles. The van der Waals surface area contributed by atoms with Crippen molar-refractivity contribution in [3.05, 3.63) is 34.1 Å². The molecule has 0 bridgehead atoms. The Morgan fingerprint density at radius 1 is 1.55 bits per heavy atom. The third-order valence-corrected chi connectivity index (χ3v) is 1.90. The first-order valence-corrected chi connectivity index (χ1v) is 4.03. The monoisotopic (exact) mass is 218 g/mol. The molecule has 0 aliphatic rings. The molecule has 11 heavy (non-hydrogen) atoms. The SMILES string of the molecule is C[C@@H](O)c1cc(Br)ccc1F. The Morgan fingerprint density at radius 2 is 2.18 bits per heavy atom. The van der Waals surface area contributed by atoms with Gasteiger partial charge in [-0.1, -0.05) is 15.9 Å². The van der Waals surface area contributed by atoms with E-state index in [-0.39, 0.29) is 5.82 Å². The fraction of sp³-hybridized carbons (Fsp3) is 0.250. The number of benzene rings is 1. The Morgan fingerprint density at radius 3 is 2.64 bits per heavy atom. The number of rotatable bonds is 1. The quantitative estimate of drug-likeness (QED) is 0.769. The summed E-state index contributed by atoms with van der Waals surface area (Å²) in [5.41, 5.74) is 0.319. The van der Waals surface area contributed by atoms with Gasteiger partial charge in [-0.15, -0.1) is 0 Å². The maximum atomic E-state index is 12.8. The number of hydrogen-bond donors (Lipinski definition) is 1. The molecule has 1 aromatic rings. The van der Waals surface area contributed by atoms with Crippen molar-refractivity contribution in [2.75, 3.05) is 0 Å². The highest BCUT2D eigenvalue weighted by Crippen LogP contribution is 2.20. The molecule has 0 spiro atoms. The number of hydrogen-bond acceptors (Lipinski definition) is 1. The van der Waals surface area contributed by atoms with Crippen LogP contribution in [0.5, 0.6) is 0 Å². The van der Waals surface area contributed by atoms with Crippen LogP contribution < -0.4 is 0 Å². The summed E-state index contributed by atoms with van der Waals surface area (Å²) in [6, 6.07) is 4.49. The van der Waals surface area contributed by atoms with Crippen molar-refractivity contribution in [3.63, 3.8) is 0 Å². The fourth-order valence-corrected chi connectivity index (χ4v) is 1.21. The molecule has 1 nitrogen and oxygen atoms in total. The van der Waals surface area contributed by atoms with Gasteiger partial charge in [0.05, 0.1) is 6.10 Å². The van der Waals surface area contributed by atoms with Gasteiger partial charge in [0.25, 0.3) is 0 Å². The number of aliphatic hydroxyl groups excluding tert-OH is 1. The molecule has 0 saturated heterocycles. The highest BCUT2D eigenvalue weighted by atomic mass is 79.9. The maximum Gasteiger partial charge on any atom is 0.129 e. The second kappa shape index (κ2) is 3.32. The van der Waals surface area contributed by atoms with E-state index in [1.165, 1.54) is 13.0 Å². The largest absolute Gasteiger partial charge is 0.389 e. The van der Waals surface area contributed by atoms with E-state index in [2.05, 4.69) is 15.9 Å². The van der Waals surface area contributed by atoms with Crippen LogP contribution in [0.1, 0.15) is 18.6 Å². The van der Waals surface area contributed by atoms with Crippen LogP contribution in [-0.2, 0) is 0 Å². The summed E-state index contributed by atoms with van der Waals surface area (Å²) in [5.74, 6) is -0.372. The minimum Gasteiger partial charge on any atom is -0.389 e. The Hall–Kier alpha value is -0.410. The lowest BCUT2D eigenvalue weighted by Gasteiger charge is -2.05. The molecule has 0 saturated carbocycles. The van der Waals surface area contributed by atoms with Crippen LogP contribution in [0.25, 0.3) is 0 Å². The zero-order valence-electron chi connectivity index (χ0n) is 6.01. The third-order valence-electron chi connectivity index (χ3n) is 1.41. The van der Waals surface area contributed by atoms with Crippen molar-refractivity contribution in [2.45, 2.75) is 13.0 Å². The molecule has 0 aliphatic heterocycles. The summed E-state index contributed by atoms with van der Waals surface area (Å²) in [6.07, 6.45) is -0.757. The number of aliphatic hydroxyl groups is 1. The molecule has 1 atom stereocenters. The Labute approximate surface area is 73.0 Å². The van der Waals surface area contributed by atoms with Crippen molar-refractivity contribution >= 4 is 15.9 Å². The molecule has 0 amide bonds. The molecule has 0 aliphatic carbocycles. The Bertz CT molecular complexity index is 260. The smallest absolute Gasteiger partial charge is 0.129 e. The van der Waals surface area contributed by atoms with Crippen LogP contribution in [-0.4, -0.2) is 5.11 Å². The van der Waals surface area contributed by atoms with Gasteiger partial charge in [0.15, 0.2) is 0 Å². The summed E-state index contributed by atoms with van der Waals surface area (Å²) >= 11 is 3.19. The van der Waals surface area contributed by atoms with Crippen LogP contribution in [0.15, 0.2) is 22.7 Å². The molecule has 1 N–H and O–H groups in total. The lowest BCUT2D eigenvalue weighted by molar-refractivity contribution is 0.194. The highest BCUT2D eigenvalue weighted by molar-refractivity contribution is 9.10. The molecule has 0 fully saturated rings. The normalized spacial score (nSPS) is 13.1. The Balaban J connectivity index is 3.13. The lowest BCUT2D eigenvalue weighted by Crippen LogP contribution is -1.94. The van der Waals surface area contributed by atoms with Crippen molar-refractivity contribution in [3.8, 4) is 0 Å². The zero-order valence-corrected chi connectivity index (χ0v) is 7.60. The van der Waals surface area contributed by atoms with Gasteiger partial charge < -0.3 is 5.11 Å². The molecule has 1 rings (SSSR count). The van der Waals surface area contributed by atoms with E-state index in [1.54, 1.807) is 12.1 Å². The first kappa shape index (κ1) is 8.68. The van der Waals surface area contributed by atoms with Gasteiger partial charge in [-0.2, -0.15) is 0 Å². The van der Waals surface area contributed by atoms with E-state index in [1.807, 2.05) is 0 Å². The molecule has 0 unspecified atom stereocenters. The topological polar surface area (TPSA) is 20.2 Å². The second-order valence-corrected chi connectivity index (χ2v) is 3.26. The molecule has 3 heteroatoms. The summed E-state index contributed by atoms with van der Waals surface area (Å²) in [4.78, 5) is 0. The van der Waals surface area contributed by atoms with E-state index >= 15 is 0 Å². The third kappa shape index (κ3) is 2.01. The van der Waals surface area contributed by atoms with Crippen LogP contribution in [0, 0.1) is 5.82 Å². The zero-order chi connectivity index (χ0) is 8.43. The molecular weight excluding hydrogens is 211 g/mol. The van der Waals surface area contributed by atoms with Crippen LogP contribution >= 0.6 is 15.9 Å². The van der Waals surface area contributed by atoms with Crippen LogP contribution in [0.3, 0.4) is 0 Å². The predicted molar refractivity (Wildman–Crippen MR) is 44.7 cm³/mol. The second-order valence-electron chi connectivity index (χ2n) is 2.34. The lowest BCUT2D eigenvalue weighted by atomic mass is 10.1. The van der Waals surface area contributed by atoms with Crippen molar-refractivity contribution in [2.24, 2.45) is 0 Å². The maximum absolute atomic E-state index is 12.8. The van der Waals surface area contributed by atoms with E-state index in [0.29, 0.717) is 5.56 Å². The van der Waals surface area contributed by atoms with Gasteiger partial charge in [0, 0.05) is 10.0 Å². The van der Waals surface area contributed by atoms with E-state index in [9.17, 15) is 4.39 Å². The van der Waals surface area contributed by atoms with Gasteiger partial charge in [0.2, 0.25) is 0 Å². The van der Waals surface area contributed by atoms with Crippen LogP contribution in [0.4, 0.5) is 4.39 Å². The number of halogens is 2. The molecule has 60 valence electrons. The van der Waals surface area contributed by atoms with Crippen molar-refractivity contribution in [1.29, 1.82) is 0 Å². The minimum atomic E-state index is -0.757. The van der Waals surface area contributed by atoms with Crippen molar-refractivity contribution in [1.82, 2.24) is 0 Å². The van der Waals surface area contributed by atoms with E-state index in [0.717, 1.165) is 4.47 Å². The summed E-state index contributed by atoms with van der Waals surface area (Å²) in [7, 11) is 0. The van der Waals surface area contributed by atoms with E-state index < -0.39 is 6.10 Å². The summed E-state index contributed by atoms with van der Waals surface area (Å²) in [5, 5.41) is 9.07. The average molecular weight is 219 g/mol. The van der Waals surface area contributed by atoms with Crippen LogP contribution in [0.2, 0.25) is 0 Å². The Kier molecular flexibility index (Phi) is 2.62. The summed E-state index contributed by atoms with van der Waals surface area (Å²) in [6.45, 7) is 1.53. The highest BCUT2D eigenvalue weighted by Gasteiger charge is 2.07.